The third-order valence-corrected chi connectivity index (χ3v) is 4.14. The minimum absolute atomic E-state index is 0.250. The van der Waals surface area contributed by atoms with Gasteiger partial charge in [0.15, 0.2) is 0 Å². The van der Waals surface area contributed by atoms with Gasteiger partial charge in [-0.25, -0.2) is 0 Å². The van der Waals surface area contributed by atoms with Crippen LogP contribution >= 0.6 is 0 Å². The zero-order chi connectivity index (χ0) is 17.1. The molecule has 1 heterocycles. The Balaban J connectivity index is 2.23. The number of esters is 1. The van der Waals surface area contributed by atoms with Crippen LogP contribution in [0, 0.1) is 29.4 Å². The van der Waals surface area contributed by atoms with Gasteiger partial charge >= 0.3 is 5.97 Å². The van der Waals surface area contributed by atoms with Gasteiger partial charge in [0.1, 0.15) is 5.69 Å². The fourth-order valence-corrected chi connectivity index (χ4v) is 2.96. The van der Waals surface area contributed by atoms with Crippen LogP contribution in [0.1, 0.15) is 32.6 Å². The third-order valence-electron chi connectivity index (χ3n) is 4.14. The average Bonchev–Trinajstić information content (AvgIpc) is 2.53. The molecule has 0 N–H and O–H groups in total. The summed E-state index contributed by atoms with van der Waals surface area (Å²) in [5.74, 6) is -7.21. The molecular weight excluding hydrogens is 316 g/mol. The second-order valence-corrected chi connectivity index (χ2v) is 5.55. The maximum Gasteiger partial charge on any atom is 0.308 e. The van der Waals surface area contributed by atoms with Crippen LogP contribution in [0.3, 0.4) is 0 Å². The molecule has 8 heteroatoms. The highest BCUT2D eigenvalue weighted by Gasteiger charge is 2.33. The van der Waals surface area contributed by atoms with Crippen LogP contribution in [-0.2, 0) is 9.53 Å². The monoisotopic (exact) mass is 334 g/mol. The highest BCUT2D eigenvalue weighted by Crippen LogP contribution is 2.33. The maximum atomic E-state index is 13.8. The van der Waals surface area contributed by atoms with E-state index >= 15 is 0 Å². The molecule has 23 heavy (non-hydrogen) atoms. The number of hydrogen-bond acceptors (Lipinski definition) is 4. The third kappa shape index (κ3) is 3.56. The maximum absolute atomic E-state index is 13.8. The van der Waals surface area contributed by atoms with Crippen LogP contribution in [-0.4, -0.2) is 30.6 Å². The van der Waals surface area contributed by atoms with E-state index in [1.165, 1.54) is 7.05 Å². The molecule has 1 saturated carbocycles. The minimum Gasteiger partial charge on any atom is -0.466 e. The Morgan fingerprint density at radius 2 is 1.83 bits per heavy atom. The van der Waals surface area contributed by atoms with E-state index in [4.69, 9.17) is 4.74 Å². The molecule has 0 radical (unpaired) electrons. The summed E-state index contributed by atoms with van der Waals surface area (Å²) < 4.78 is 59.2. The van der Waals surface area contributed by atoms with Crippen LogP contribution in [0.15, 0.2) is 0 Å². The van der Waals surface area contributed by atoms with Crippen LogP contribution < -0.4 is 4.90 Å². The molecule has 4 nitrogen and oxygen atoms in total. The second kappa shape index (κ2) is 7.14. The lowest BCUT2D eigenvalue weighted by atomic mass is 9.85. The van der Waals surface area contributed by atoms with Gasteiger partial charge in [0.05, 0.1) is 12.5 Å². The topological polar surface area (TPSA) is 42.4 Å². The van der Waals surface area contributed by atoms with Gasteiger partial charge in [0, 0.05) is 13.1 Å². The van der Waals surface area contributed by atoms with Crippen molar-refractivity contribution in [1.29, 1.82) is 0 Å². The zero-order valence-corrected chi connectivity index (χ0v) is 12.9. The number of carbonyl (C=O) groups excluding carboxylic acids is 1. The Labute approximate surface area is 131 Å². The summed E-state index contributed by atoms with van der Waals surface area (Å²) in [7, 11) is 1.35. The van der Waals surface area contributed by atoms with Crippen LogP contribution in [0.5, 0.6) is 0 Å². The van der Waals surface area contributed by atoms with E-state index in [1.54, 1.807) is 6.92 Å². The van der Waals surface area contributed by atoms with Gasteiger partial charge in [-0.3, -0.25) is 4.79 Å². The van der Waals surface area contributed by atoms with Gasteiger partial charge in [-0.2, -0.15) is 22.5 Å². The molecule has 0 spiro atoms. The number of rotatable bonds is 4. The van der Waals surface area contributed by atoms with E-state index < -0.39 is 35.3 Å². The van der Waals surface area contributed by atoms with E-state index in [1.807, 2.05) is 0 Å². The van der Waals surface area contributed by atoms with Crippen molar-refractivity contribution in [3.05, 3.63) is 23.5 Å². The first kappa shape index (κ1) is 17.5. The predicted molar refractivity (Wildman–Crippen MR) is 74.9 cm³/mol. The van der Waals surface area contributed by atoms with Crippen LogP contribution in [0.2, 0.25) is 0 Å². The van der Waals surface area contributed by atoms with E-state index in [0.29, 0.717) is 25.7 Å². The Morgan fingerprint density at radius 3 is 2.39 bits per heavy atom. The molecule has 1 aromatic rings. The molecule has 128 valence electrons. The number of anilines is 1. The Kier molecular flexibility index (Phi) is 5.43. The zero-order valence-electron chi connectivity index (χ0n) is 12.9. The summed E-state index contributed by atoms with van der Waals surface area (Å²) in [6.45, 7) is 1.94. The summed E-state index contributed by atoms with van der Waals surface area (Å²) in [5.41, 5.74) is -0.801. The fourth-order valence-electron chi connectivity index (χ4n) is 2.96. The molecule has 1 aromatic heterocycles. The van der Waals surface area contributed by atoms with E-state index in [0.717, 1.165) is 4.90 Å². The molecule has 2 atom stereocenters. The first-order valence-electron chi connectivity index (χ1n) is 7.46. The van der Waals surface area contributed by atoms with Crippen molar-refractivity contribution in [2.24, 2.45) is 5.92 Å². The highest BCUT2D eigenvalue weighted by atomic mass is 19.2. The van der Waals surface area contributed by atoms with Crippen molar-refractivity contribution >= 4 is 11.7 Å². The van der Waals surface area contributed by atoms with Crippen molar-refractivity contribution in [1.82, 2.24) is 4.98 Å². The normalized spacial score (nSPS) is 21.1. The number of hydrogen-bond donors (Lipinski definition) is 0. The fraction of sp³-hybridized carbons (Fsp3) is 0.600. The highest BCUT2D eigenvalue weighted by molar-refractivity contribution is 5.72. The predicted octanol–water partition coefficient (Wildman–Crippen LogP) is 3.20. The molecule has 1 aliphatic carbocycles. The summed E-state index contributed by atoms with van der Waals surface area (Å²) >= 11 is 0. The molecule has 0 amide bonds. The van der Waals surface area contributed by atoms with Crippen molar-refractivity contribution in [2.75, 3.05) is 18.6 Å². The Morgan fingerprint density at radius 1 is 1.22 bits per heavy atom. The largest absolute Gasteiger partial charge is 0.466 e. The van der Waals surface area contributed by atoms with Crippen molar-refractivity contribution in [3.8, 4) is 0 Å². The van der Waals surface area contributed by atoms with E-state index in [2.05, 4.69) is 4.98 Å². The number of carbonyl (C=O) groups is 1. The van der Waals surface area contributed by atoms with Crippen molar-refractivity contribution in [2.45, 2.75) is 38.6 Å². The quantitative estimate of drug-likeness (QED) is 0.482. The molecule has 1 fully saturated rings. The van der Waals surface area contributed by atoms with Crippen molar-refractivity contribution < 1.29 is 27.1 Å². The summed E-state index contributed by atoms with van der Waals surface area (Å²) in [5, 5.41) is 0. The minimum atomic E-state index is -1.69. The molecule has 2 rings (SSSR count). The Hall–Kier alpha value is -1.86. The van der Waals surface area contributed by atoms with E-state index in [9.17, 15) is 22.4 Å². The van der Waals surface area contributed by atoms with Gasteiger partial charge in [0.25, 0.3) is 11.9 Å². The van der Waals surface area contributed by atoms with Crippen LogP contribution in [0.4, 0.5) is 23.2 Å². The summed E-state index contributed by atoms with van der Waals surface area (Å²) in [6, 6.07) is -0.427. The average molecular weight is 334 g/mol. The Bertz CT molecular complexity index is 571. The first-order valence-corrected chi connectivity index (χ1v) is 7.46. The lowest BCUT2D eigenvalue weighted by Gasteiger charge is -2.36. The van der Waals surface area contributed by atoms with Gasteiger partial charge < -0.3 is 9.64 Å². The molecule has 1 aliphatic rings. The smallest absolute Gasteiger partial charge is 0.308 e. The van der Waals surface area contributed by atoms with Gasteiger partial charge in [0.2, 0.25) is 11.6 Å². The number of nitrogens with zero attached hydrogens (tertiary/aromatic N) is 2. The lowest BCUT2D eigenvalue weighted by Crippen LogP contribution is -2.39. The van der Waals surface area contributed by atoms with Gasteiger partial charge in [-0.15, -0.1) is 0 Å². The number of aromatic nitrogens is 1. The number of pyridine rings is 1. The van der Waals surface area contributed by atoms with Gasteiger partial charge in [-0.05, 0) is 26.2 Å². The lowest BCUT2D eigenvalue weighted by molar-refractivity contribution is -0.149. The van der Waals surface area contributed by atoms with Crippen molar-refractivity contribution in [3.63, 3.8) is 0 Å². The number of ether oxygens (including phenoxy) is 1. The second-order valence-electron chi connectivity index (χ2n) is 5.55. The molecule has 0 aromatic carbocycles. The summed E-state index contributed by atoms with van der Waals surface area (Å²) in [4.78, 5) is 15.5. The summed E-state index contributed by atoms with van der Waals surface area (Å²) in [6.07, 6.45) is 2.13. The molecular formula is C15H18F4N2O2. The van der Waals surface area contributed by atoms with Crippen LogP contribution in [0.25, 0.3) is 0 Å². The number of halogens is 4. The molecule has 0 bridgehead atoms. The SMILES string of the molecule is CCOC(=O)C1CCCC(N(C)c2c(F)c(F)nc(F)c2F)C1. The van der Waals surface area contributed by atoms with Gasteiger partial charge in [-0.1, -0.05) is 6.42 Å². The van der Waals surface area contributed by atoms with E-state index in [-0.39, 0.29) is 18.5 Å². The molecule has 0 saturated heterocycles. The first-order chi connectivity index (χ1) is 10.9. The standard InChI is InChI=1S/C15H18F4N2O2/c1-3-23-15(22)8-5-4-6-9(7-8)21(2)12-10(16)13(18)20-14(19)11(12)17/h8-9H,3-7H2,1-2H3. The molecule has 0 aliphatic heterocycles. The molecule has 2 unspecified atom stereocenters.